The summed E-state index contributed by atoms with van der Waals surface area (Å²) in [6.07, 6.45) is 3.43. The minimum absolute atomic E-state index is 1.01. The minimum atomic E-state index is 1.01. The minimum Gasteiger partial charge on any atom is -0.232 e. The Kier molecular flexibility index (Phi) is 3.54. The molecule has 0 aliphatic heterocycles. The average Bonchev–Trinajstić information content (AvgIpc) is 2.62. The summed E-state index contributed by atoms with van der Waals surface area (Å²) in [6, 6.07) is 21.5. The maximum Gasteiger partial charge on any atom is 0.257 e. The molecule has 0 amide bonds. The summed E-state index contributed by atoms with van der Waals surface area (Å²) < 4.78 is 1.86. The Morgan fingerprint density at radius 2 is 1.71 bits per heavy atom. The molecule has 0 bridgehead atoms. The molecule has 0 radical (unpaired) electrons. The van der Waals surface area contributed by atoms with Gasteiger partial charge < -0.3 is 0 Å². The molecule has 4 rings (SSSR count). The Morgan fingerprint density at radius 1 is 0.875 bits per heavy atom. The topological polar surface area (TPSA) is 29.7 Å². The van der Waals surface area contributed by atoms with Gasteiger partial charge in [-0.2, -0.15) is 0 Å². The third-order valence-electron chi connectivity index (χ3n) is 4.45. The first-order valence-electron chi connectivity index (χ1n) is 7.99. The van der Waals surface area contributed by atoms with Crippen molar-refractivity contribution in [2.24, 2.45) is 7.05 Å². The van der Waals surface area contributed by atoms with Gasteiger partial charge in [0.25, 0.3) is 5.69 Å². The molecule has 116 valence electrons. The molecule has 0 atom stereocenters. The standard InChI is InChI=1S/C21H18N3/c1-15-10-11-17(12-20(15)21-13-22-14-23-24(21)2)19-9-5-7-16-6-3-4-8-18(16)19/h3-14H,1-2H3/q+1. The van der Waals surface area contributed by atoms with Crippen molar-refractivity contribution in [2.45, 2.75) is 6.92 Å². The van der Waals surface area contributed by atoms with Crippen LogP contribution in [0.15, 0.2) is 73.2 Å². The lowest BCUT2D eigenvalue weighted by atomic mass is 9.94. The molecule has 3 nitrogen and oxygen atoms in total. The van der Waals surface area contributed by atoms with Crippen molar-refractivity contribution in [2.75, 3.05) is 0 Å². The third-order valence-corrected chi connectivity index (χ3v) is 4.45. The van der Waals surface area contributed by atoms with Crippen molar-refractivity contribution < 1.29 is 4.68 Å². The van der Waals surface area contributed by atoms with Gasteiger partial charge in [-0.1, -0.05) is 59.3 Å². The number of hydrogen-bond donors (Lipinski definition) is 0. The second kappa shape index (κ2) is 5.85. The highest BCUT2D eigenvalue weighted by Gasteiger charge is 2.15. The lowest BCUT2D eigenvalue weighted by Gasteiger charge is -2.10. The molecule has 0 aliphatic carbocycles. The fourth-order valence-electron chi connectivity index (χ4n) is 3.14. The predicted octanol–water partition coefficient (Wildman–Crippen LogP) is 4.10. The fraction of sp³-hybridized carbons (Fsp3) is 0.0952. The maximum atomic E-state index is 4.25. The zero-order valence-corrected chi connectivity index (χ0v) is 13.8. The fourth-order valence-corrected chi connectivity index (χ4v) is 3.14. The van der Waals surface area contributed by atoms with Crippen molar-refractivity contribution in [1.29, 1.82) is 0 Å². The number of fused-ring (bicyclic) bond motifs is 1. The van der Waals surface area contributed by atoms with Crippen LogP contribution in [0.5, 0.6) is 0 Å². The van der Waals surface area contributed by atoms with Gasteiger partial charge in [-0.3, -0.25) is 0 Å². The van der Waals surface area contributed by atoms with Crippen LogP contribution in [0.3, 0.4) is 0 Å². The van der Waals surface area contributed by atoms with Crippen LogP contribution in [0.2, 0.25) is 0 Å². The lowest BCUT2D eigenvalue weighted by Crippen LogP contribution is -2.35. The van der Waals surface area contributed by atoms with Crippen LogP contribution < -0.4 is 4.68 Å². The van der Waals surface area contributed by atoms with Gasteiger partial charge in [-0.25, -0.2) is 4.98 Å². The van der Waals surface area contributed by atoms with Crippen LogP contribution in [0, 0.1) is 6.92 Å². The van der Waals surface area contributed by atoms with Crippen LogP contribution in [0.4, 0.5) is 0 Å². The van der Waals surface area contributed by atoms with Crippen molar-refractivity contribution in [1.82, 2.24) is 10.1 Å². The molecular weight excluding hydrogens is 294 g/mol. The third kappa shape index (κ3) is 2.44. The van der Waals surface area contributed by atoms with E-state index >= 15 is 0 Å². The van der Waals surface area contributed by atoms with Crippen LogP contribution in [0.25, 0.3) is 33.2 Å². The highest BCUT2D eigenvalue weighted by atomic mass is 15.3. The Labute approximate surface area is 141 Å². The summed E-state index contributed by atoms with van der Waals surface area (Å²) in [6.45, 7) is 2.12. The summed E-state index contributed by atoms with van der Waals surface area (Å²) >= 11 is 0. The summed E-state index contributed by atoms with van der Waals surface area (Å²) in [4.78, 5) is 4.18. The van der Waals surface area contributed by atoms with E-state index in [-0.39, 0.29) is 0 Å². The van der Waals surface area contributed by atoms with Crippen LogP contribution in [-0.2, 0) is 7.05 Å². The Hall–Kier alpha value is -3.07. The number of aromatic nitrogens is 3. The first kappa shape index (κ1) is 14.5. The van der Waals surface area contributed by atoms with Gasteiger partial charge in [-0.15, -0.1) is 0 Å². The first-order chi connectivity index (χ1) is 11.7. The molecule has 1 aromatic heterocycles. The second-order valence-corrected chi connectivity index (χ2v) is 5.97. The van der Waals surface area contributed by atoms with E-state index in [9.17, 15) is 0 Å². The van der Waals surface area contributed by atoms with Crippen molar-refractivity contribution in [3.8, 4) is 22.4 Å². The SMILES string of the molecule is Cc1ccc(-c2cccc3ccccc23)cc1-c1cncn[n+]1C. The highest BCUT2D eigenvalue weighted by Crippen LogP contribution is 2.32. The predicted molar refractivity (Wildman–Crippen MR) is 96.3 cm³/mol. The van der Waals surface area contributed by atoms with E-state index < -0.39 is 0 Å². The smallest absolute Gasteiger partial charge is 0.232 e. The monoisotopic (exact) mass is 312 g/mol. The average molecular weight is 312 g/mol. The summed E-state index contributed by atoms with van der Waals surface area (Å²) in [7, 11) is 1.95. The van der Waals surface area contributed by atoms with Gasteiger partial charge >= 0.3 is 0 Å². The molecule has 3 heteroatoms. The van der Waals surface area contributed by atoms with E-state index in [0.29, 0.717) is 0 Å². The van der Waals surface area contributed by atoms with E-state index in [1.807, 2.05) is 17.9 Å². The normalized spacial score (nSPS) is 10.9. The molecule has 0 aliphatic rings. The van der Waals surface area contributed by atoms with Gasteiger partial charge in [0.05, 0.1) is 5.56 Å². The van der Waals surface area contributed by atoms with Crippen molar-refractivity contribution >= 4 is 10.8 Å². The summed E-state index contributed by atoms with van der Waals surface area (Å²) in [5, 5.41) is 6.78. The molecule has 24 heavy (non-hydrogen) atoms. The van der Waals surface area contributed by atoms with Gasteiger partial charge in [-0.05, 0) is 40.5 Å². The van der Waals surface area contributed by atoms with Crippen LogP contribution in [0.1, 0.15) is 5.56 Å². The van der Waals surface area contributed by atoms with Gasteiger partial charge in [0.1, 0.15) is 6.20 Å². The van der Waals surface area contributed by atoms with Gasteiger partial charge in [0.2, 0.25) is 0 Å². The van der Waals surface area contributed by atoms with Crippen LogP contribution >= 0.6 is 0 Å². The van der Waals surface area contributed by atoms with E-state index in [4.69, 9.17) is 0 Å². The largest absolute Gasteiger partial charge is 0.257 e. The number of rotatable bonds is 2. The zero-order valence-electron chi connectivity index (χ0n) is 13.8. The molecule has 4 aromatic rings. The Balaban J connectivity index is 1.94. The second-order valence-electron chi connectivity index (χ2n) is 5.97. The Bertz CT molecular complexity index is 1030. The molecule has 0 saturated carbocycles. The lowest BCUT2D eigenvalue weighted by molar-refractivity contribution is -0.721. The van der Waals surface area contributed by atoms with Gasteiger partial charge in [0.15, 0.2) is 13.4 Å². The Morgan fingerprint density at radius 3 is 2.58 bits per heavy atom. The molecule has 0 spiro atoms. The van der Waals surface area contributed by atoms with E-state index in [1.54, 1.807) is 6.33 Å². The number of aryl methyl sites for hydroxylation is 2. The molecule has 0 saturated heterocycles. The molecular formula is C21H18N3+. The molecule has 0 fully saturated rings. The highest BCUT2D eigenvalue weighted by molar-refractivity contribution is 5.97. The summed E-state index contributed by atoms with van der Waals surface area (Å²) in [5.41, 5.74) is 5.83. The quantitative estimate of drug-likeness (QED) is 0.522. The van der Waals surface area contributed by atoms with Crippen LogP contribution in [-0.4, -0.2) is 10.1 Å². The van der Waals surface area contributed by atoms with E-state index in [1.165, 1.54) is 27.5 Å². The van der Waals surface area contributed by atoms with Gasteiger partial charge in [0, 0.05) is 5.10 Å². The molecule has 1 heterocycles. The van der Waals surface area contributed by atoms with E-state index in [0.717, 1.165) is 11.3 Å². The summed E-state index contributed by atoms with van der Waals surface area (Å²) in [5.74, 6) is 0. The van der Waals surface area contributed by atoms with Crippen molar-refractivity contribution in [3.05, 3.63) is 78.8 Å². The number of hydrogen-bond acceptors (Lipinski definition) is 2. The molecule has 0 N–H and O–H groups in total. The molecule has 0 unspecified atom stereocenters. The first-order valence-corrected chi connectivity index (χ1v) is 7.99. The molecule has 3 aromatic carbocycles. The van der Waals surface area contributed by atoms with E-state index in [2.05, 4.69) is 77.7 Å². The maximum absolute atomic E-state index is 4.25. The number of benzene rings is 3. The van der Waals surface area contributed by atoms with Crippen molar-refractivity contribution in [3.63, 3.8) is 0 Å². The number of nitrogens with zero attached hydrogens (tertiary/aromatic N) is 3. The zero-order chi connectivity index (χ0) is 16.5.